The number of non-ortho nitro benzene ring substituents is 1. The third kappa shape index (κ3) is 4.21. The van der Waals surface area contributed by atoms with Crippen molar-refractivity contribution in [1.82, 2.24) is 9.21 Å². The van der Waals surface area contributed by atoms with Gasteiger partial charge in [-0.2, -0.15) is 4.31 Å². The first kappa shape index (κ1) is 21.1. The summed E-state index contributed by atoms with van der Waals surface area (Å²) in [4.78, 5) is 23.9. The van der Waals surface area contributed by atoms with Crippen LogP contribution < -0.4 is 0 Å². The van der Waals surface area contributed by atoms with Crippen LogP contribution in [0.5, 0.6) is 0 Å². The summed E-state index contributed by atoms with van der Waals surface area (Å²) in [6, 6.07) is 5.78. The number of halogens is 3. The van der Waals surface area contributed by atoms with Gasteiger partial charge in [-0.1, -0.05) is 11.6 Å². The summed E-state index contributed by atoms with van der Waals surface area (Å²) in [5.74, 6) is -3.00. The maximum atomic E-state index is 13.4. The highest BCUT2D eigenvalue weighted by molar-refractivity contribution is 7.89. The van der Waals surface area contributed by atoms with E-state index < -0.39 is 37.4 Å². The molecule has 1 aliphatic heterocycles. The summed E-state index contributed by atoms with van der Waals surface area (Å²) < 4.78 is 52.7. The number of piperazine rings is 1. The Morgan fingerprint density at radius 3 is 2.28 bits per heavy atom. The van der Waals surface area contributed by atoms with Gasteiger partial charge in [0.05, 0.1) is 20.4 Å². The third-order valence-electron chi connectivity index (χ3n) is 4.45. The van der Waals surface area contributed by atoms with Crippen LogP contribution in [0.3, 0.4) is 0 Å². The zero-order chi connectivity index (χ0) is 21.3. The highest BCUT2D eigenvalue weighted by Crippen LogP contribution is 2.25. The van der Waals surface area contributed by atoms with Gasteiger partial charge in [0.25, 0.3) is 11.6 Å². The van der Waals surface area contributed by atoms with Gasteiger partial charge in [-0.3, -0.25) is 14.9 Å². The lowest BCUT2D eigenvalue weighted by atomic mass is 10.1. The number of hydrogen-bond acceptors (Lipinski definition) is 5. The molecule has 154 valence electrons. The Morgan fingerprint density at radius 2 is 1.69 bits per heavy atom. The molecule has 1 aliphatic rings. The van der Waals surface area contributed by atoms with E-state index in [1.165, 1.54) is 17.0 Å². The molecule has 8 nitrogen and oxygen atoms in total. The number of amides is 1. The molecule has 0 spiro atoms. The van der Waals surface area contributed by atoms with E-state index in [1.807, 2.05) is 0 Å². The average Bonchev–Trinajstić information content (AvgIpc) is 2.69. The molecule has 1 saturated heterocycles. The Hall–Kier alpha value is -2.63. The maximum Gasteiger partial charge on any atom is 0.270 e. The van der Waals surface area contributed by atoms with Gasteiger partial charge in [0.15, 0.2) is 11.6 Å². The molecule has 0 N–H and O–H groups in total. The van der Waals surface area contributed by atoms with E-state index in [1.54, 1.807) is 0 Å². The number of hydrogen-bond donors (Lipinski definition) is 0. The molecule has 0 unspecified atom stereocenters. The molecule has 29 heavy (non-hydrogen) atoms. The molecule has 0 atom stereocenters. The van der Waals surface area contributed by atoms with E-state index in [9.17, 15) is 32.1 Å². The lowest BCUT2D eigenvalue weighted by Gasteiger charge is -2.34. The van der Waals surface area contributed by atoms with Crippen molar-refractivity contribution in [3.05, 3.63) is 68.7 Å². The van der Waals surface area contributed by atoms with Crippen LogP contribution >= 0.6 is 11.6 Å². The highest BCUT2D eigenvalue weighted by atomic mass is 35.5. The minimum atomic E-state index is -4.07. The van der Waals surface area contributed by atoms with Crippen LogP contribution in [0.15, 0.2) is 41.3 Å². The van der Waals surface area contributed by atoms with Crippen LogP contribution in [-0.2, 0) is 10.0 Å². The van der Waals surface area contributed by atoms with Crippen LogP contribution in [0.1, 0.15) is 10.4 Å². The van der Waals surface area contributed by atoms with Crippen molar-refractivity contribution in [2.75, 3.05) is 26.2 Å². The van der Waals surface area contributed by atoms with E-state index in [-0.39, 0.29) is 42.5 Å². The van der Waals surface area contributed by atoms with E-state index in [2.05, 4.69) is 0 Å². The molecular formula is C17H14ClF2N3O5S. The van der Waals surface area contributed by atoms with Crippen LogP contribution in [0.4, 0.5) is 14.5 Å². The fraction of sp³-hybridized carbons (Fsp3) is 0.235. The van der Waals surface area contributed by atoms with Gasteiger partial charge in [0.1, 0.15) is 0 Å². The first-order chi connectivity index (χ1) is 13.6. The van der Waals surface area contributed by atoms with Gasteiger partial charge >= 0.3 is 0 Å². The molecule has 2 aromatic rings. The Kier molecular flexibility index (Phi) is 5.82. The monoisotopic (exact) mass is 445 g/mol. The summed E-state index contributed by atoms with van der Waals surface area (Å²) in [5, 5.41) is 10.9. The summed E-state index contributed by atoms with van der Waals surface area (Å²) in [5.41, 5.74) is -0.352. The van der Waals surface area contributed by atoms with Crippen molar-refractivity contribution in [3.63, 3.8) is 0 Å². The van der Waals surface area contributed by atoms with Crippen LogP contribution in [0, 0.1) is 21.7 Å². The molecular weight excluding hydrogens is 432 g/mol. The summed E-state index contributed by atoms with van der Waals surface area (Å²) >= 11 is 5.98. The average molecular weight is 446 g/mol. The predicted molar refractivity (Wildman–Crippen MR) is 99.1 cm³/mol. The molecule has 0 bridgehead atoms. The molecule has 0 saturated carbocycles. The second-order valence-electron chi connectivity index (χ2n) is 6.19. The van der Waals surface area contributed by atoms with E-state index >= 15 is 0 Å². The molecule has 12 heteroatoms. The minimum Gasteiger partial charge on any atom is -0.336 e. The molecule has 1 amide bonds. The van der Waals surface area contributed by atoms with Gasteiger partial charge < -0.3 is 4.90 Å². The van der Waals surface area contributed by atoms with Gasteiger partial charge in [0.2, 0.25) is 10.0 Å². The Labute approximate surface area is 169 Å². The van der Waals surface area contributed by atoms with E-state index in [0.717, 1.165) is 22.5 Å². The molecule has 1 heterocycles. The summed E-state index contributed by atoms with van der Waals surface area (Å²) in [6.07, 6.45) is 0. The standard InChI is InChI=1S/C17H14ClF2N3O5S/c18-14-3-1-11(23(25)26)9-13(14)17(24)21-5-7-22(8-6-21)29(27,28)12-2-4-15(19)16(20)10-12/h1-4,9-10H,5-8H2. The van der Waals surface area contributed by atoms with Gasteiger partial charge in [0, 0.05) is 38.3 Å². The number of sulfonamides is 1. The summed E-state index contributed by atoms with van der Waals surface area (Å²) in [6.45, 7) is -0.166. The fourth-order valence-electron chi connectivity index (χ4n) is 2.88. The predicted octanol–water partition coefficient (Wildman–Crippen LogP) is 2.67. The smallest absolute Gasteiger partial charge is 0.270 e. The lowest BCUT2D eigenvalue weighted by Crippen LogP contribution is -2.50. The third-order valence-corrected chi connectivity index (χ3v) is 6.67. The molecule has 0 radical (unpaired) electrons. The van der Waals surface area contributed by atoms with Crippen molar-refractivity contribution >= 4 is 33.2 Å². The maximum absolute atomic E-state index is 13.4. The van der Waals surface area contributed by atoms with Crippen molar-refractivity contribution in [3.8, 4) is 0 Å². The van der Waals surface area contributed by atoms with Gasteiger partial charge in [-0.05, 0) is 24.3 Å². The molecule has 0 aliphatic carbocycles. The Morgan fingerprint density at radius 1 is 1.03 bits per heavy atom. The largest absolute Gasteiger partial charge is 0.336 e. The number of rotatable bonds is 4. The van der Waals surface area contributed by atoms with Crippen molar-refractivity contribution < 1.29 is 26.9 Å². The molecule has 2 aromatic carbocycles. The zero-order valence-electron chi connectivity index (χ0n) is 14.7. The van der Waals surface area contributed by atoms with Gasteiger partial charge in [-0.15, -0.1) is 0 Å². The Balaban J connectivity index is 1.75. The fourth-order valence-corrected chi connectivity index (χ4v) is 4.51. The zero-order valence-corrected chi connectivity index (χ0v) is 16.3. The number of nitro benzene ring substituents is 1. The number of nitro groups is 1. The SMILES string of the molecule is O=C(c1cc([N+](=O)[O-])ccc1Cl)N1CCN(S(=O)(=O)c2ccc(F)c(F)c2)CC1. The normalized spacial score (nSPS) is 15.3. The minimum absolute atomic E-state index is 0.000755. The highest BCUT2D eigenvalue weighted by Gasteiger charge is 2.32. The Bertz CT molecular complexity index is 1090. The quantitative estimate of drug-likeness (QED) is 0.532. The first-order valence-corrected chi connectivity index (χ1v) is 10.1. The number of nitrogens with zero attached hydrogens (tertiary/aromatic N) is 3. The number of carbonyl (C=O) groups is 1. The number of carbonyl (C=O) groups excluding carboxylic acids is 1. The second kappa shape index (κ2) is 8.01. The van der Waals surface area contributed by atoms with Crippen molar-refractivity contribution in [2.24, 2.45) is 0 Å². The topological polar surface area (TPSA) is 101 Å². The van der Waals surface area contributed by atoms with Crippen LogP contribution in [0.25, 0.3) is 0 Å². The molecule has 3 rings (SSSR count). The second-order valence-corrected chi connectivity index (χ2v) is 8.54. The van der Waals surface area contributed by atoms with Crippen LogP contribution in [0.2, 0.25) is 5.02 Å². The van der Waals surface area contributed by atoms with Gasteiger partial charge in [-0.25, -0.2) is 17.2 Å². The molecule has 0 aromatic heterocycles. The number of benzene rings is 2. The van der Waals surface area contributed by atoms with Crippen molar-refractivity contribution in [2.45, 2.75) is 4.90 Å². The molecule has 1 fully saturated rings. The lowest BCUT2D eigenvalue weighted by molar-refractivity contribution is -0.384. The van der Waals surface area contributed by atoms with Crippen molar-refractivity contribution in [1.29, 1.82) is 0 Å². The van der Waals surface area contributed by atoms with E-state index in [0.29, 0.717) is 6.07 Å². The van der Waals surface area contributed by atoms with E-state index in [4.69, 9.17) is 11.6 Å². The van der Waals surface area contributed by atoms with Crippen LogP contribution in [-0.4, -0.2) is 54.6 Å². The first-order valence-electron chi connectivity index (χ1n) is 8.29. The summed E-state index contributed by atoms with van der Waals surface area (Å²) in [7, 11) is -4.07.